The van der Waals surface area contributed by atoms with Crippen LogP contribution in [0, 0.1) is 0 Å². The molecule has 112 valence electrons. The van der Waals surface area contributed by atoms with Gasteiger partial charge in [0.25, 0.3) is 0 Å². The van der Waals surface area contributed by atoms with E-state index in [4.69, 9.17) is 0 Å². The zero-order valence-corrected chi connectivity index (χ0v) is 13.3. The highest BCUT2D eigenvalue weighted by Crippen LogP contribution is 2.27. The van der Waals surface area contributed by atoms with Gasteiger partial charge in [-0.3, -0.25) is 0 Å². The first kappa shape index (κ1) is 15.5. The average Bonchev–Trinajstić information content (AvgIpc) is 2.48. The van der Waals surface area contributed by atoms with Gasteiger partial charge in [0.2, 0.25) is 10.0 Å². The van der Waals surface area contributed by atoms with Crippen LogP contribution in [0.4, 0.5) is 0 Å². The van der Waals surface area contributed by atoms with Gasteiger partial charge in [0.15, 0.2) is 0 Å². The summed E-state index contributed by atoms with van der Waals surface area (Å²) in [6.07, 6.45) is 6.08. The number of benzene rings is 1. The lowest BCUT2D eigenvalue weighted by Crippen LogP contribution is -2.43. The quantitative estimate of drug-likeness (QED) is 0.832. The van der Waals surface area contributed by atoms with Gasteiger partial charge < -0.3 is 0 Å². The maximum absolute atomic E-state index is 12.8. The van der Waals surface area contributed by atoms with Crippen molar-refractivity contribution in [3.05, 3.63) is 29.8 Å². The molecule has 0 bridgehead atoms. The van der Waals surface area contributed by atoms with Gasteiger partial charge in [-0.15, -0.1) is 0 Å². The molecule has 0 aromatic heterocycles. The second kappa shape index (κ2) is 6.72. The van der Waals surface area contributed by atoms with Crippen molar-refractivity contribution in [2.24, 2.45) is 0 Å². The zero-order valence-electron chi connectivity index (χ0n) is 12.5. The Hall–Kier alpha value is -0.870. The molecule has 4 heteroatoms. The molecule has 1 aromatic carbocycles. The predicted molar refractivity (Wildman–Crippen MR) is 82.3 cm³/mol. The van der Waals surface area contributed by atoms with E-state index in [9.17, 15) is 8.42 Å². The maximum atomic E-state index is 12.8. The minimum atomic E-state index is -3.32. The van der Waals surface area contributed by atoms with Gasteiger partial charge in [0.1, 0.15) is 0 Å². The highest BCUT2D eigenvalue weighted by Gasteiger charge is 2.32. The molecule has 1 fully saturated rings. The third-order valence-corrected chi connectivity index (χ3v) is 6.08. The topological polar surface area (TPSA) is 37.4 Å². The third-order valence-electron chi connectivity index (χ3n) is 4.11. The Labute approximate surface area is 123 Å². The Morgan fingerprint density at radius 3 is 2.45 bits per heavy atom. The number of rotatable bonds is 5. The minimum absolute atomic E-state index is 0.170. The molecule has 0 saturated carbocycles. The lowest BCUT2D eigenvalue weighted by Gasteiger charge is -2.34. The van der Waals surface area contributed by atoms with E-state index < -0.39 is 10.0 Å². The molecule has 1 heterocycles. The van der Waals surface area contributed by atoms with Crippen molar-refractivity contribution in [2.45, 2.75) is 63.3 Å². The maximum Gasteiger partial charge on any atom is 0.243 e. The van der Waals surface area contributed by atoms with E-state index in [2.05, 4.69) is 13.8 Å². The van der Waals surface area contributed by atoms with Gasteiger partial charge in [-0.1, -0.05) is 38.8 Å². The van der Waals surface area contributed by atoms with E-state index in [-0.39, 0.29) is 6.04 Å². The van der Waals surface area contributed by atoms with Crippen molar-refractivity contribution < 1.29 is 8.42 Å². The Morgan fingerprint density at radius 1 is 1.15 bits per heavy atom. The van der Waals surface area contributed by atoms with Crippen LogP contribution in [0.1, 0.15) is 51.5 Å². The van der Waals surface area contributed by atoms with Crippen LogP contribution >= 0.6 is 0 Å². The SMILES string of the molecule is CCCc1ccc(S(=O)(=O)N2CCCC[C@@H]2CC)cc1. The van der Waals surface area contributed by atoms with Crippen molar-refractivity contribution in [1.82, 2.24) is 4.31 Å². The first-order valence-electron chi connectivity index (χ1n) is 7.70. The normalized spacial score (nSPS) is 21.0. The van der Waals surface area contributed by atoms with Crippen LogP contribution < -0.4 is 0 Å². The fourth-order valence-corrected chi connectivity index (χ4v) is 4.72. The van der Waals surface area contributed by atoms with Crippen molar-refractivity contribution in [2.75, 3.05) is 6.54 Å². The second-order valence-corrected chi connectivity index (χ2v) is 7.46. The fourth-order valence-electron chi connectivity index (χ4n) is 2.95. The average molecular weight is 295 g/mol. The molecule has 1 atom stereocenters. The number of hydrogen-bond acceptors (Lipinski definition) is 2. The second-order valence-electron chi connectivity index (χ2n) is 5.57. The molecular formula is C16H25NO2S. The molecule has 1 saturated heterocycles. The van der Waals surface area contributed by atoms with E-state index >= 15 is 0 Å². The summed E-state index contributed by atoms with van der Waals surface area (Å²) in [5.74, 6) is 0. The molecule has 20 heavy (non-hydrogen) atoms. The first-order chi connectivity index (χ1) is 9.59. The van der Waals surface area contributed by atoms with E-state index in [1.165, 1.54) is 5.56 Å². The van der Waals surface area contributed by atoms with Crippen molar-refractivity contribution in [1.29, 1.82) is 0 Å². The number of piperidine rings is 1. The Bertz CT molecular complexity index is 522. The smallest absolute Gasteiger partial charge is 0.207 e. The number of aryl methyl sites for hydroxylation is 1. The van der Waals surface area contributed by atoms with Gasteiger partial charge >= 0.3 is 0 Å². The number of nitrogens with zero attached hydrogens (tertiary/aromatic N) is 1. The molecule has 2 rings (SSSR count). The summed E-state index contributed by atoms with van der Waals surface area (Å²) < 4.78 is 27.2. The molecule has 1 aliphatic rings. The molecule has 0 aliphatic carbocycles. The molecular weight excluding hydrogens is 270 g/mol. The van der Waals surface area contributed by atoms with Crippen LogP contribution in [0.2, 0.25) is 0 Å². The van der Waals surface area contributed by atoms with Gasteiger partial charge in [0.05, 0.1) is 4.90 Å². The summed E-state index contributed by atoms with van der Waals surface area (Å²) in [6.45, 7) is 4.87. The van der Waals surface area contributed by atoms with Crippen LogP contribution in [0.3, 0.4) is 0 Å². The molecule has 3 nitrogen and oxygen atoms in total. The summed E-state index contributed by atoms with van der Waals surface area (Å²) in [5.41, 5.74) is 1.21. The zero-order chi connectivity index (χ0) is 14.6. The van der Waals surface area contributed by atoms with E-state index in [0.29, 0.717) is 11.4 Å². The Morgan fingerprint density at radius 2 is 1.85 bits per heavy atom. The summed E-state index contributed by atoms with van der Waals surface area (Å²) in [4.78, 5) is 0.442. The standard InChI is InChI=1S/C16H25NO2S/c1-3-7-14-9-11-16(12-10-14)20(18,19)17-13-6-5-8-15(17)4-2/h9-12,15H,3-8,13H2,1-2H3/t15-/m0/s1. The molecule has 1 aliphatic heterocycles. The van der Waals surface area contributed by atoms with E-state index in [1.807, 2.05) is 12.1 Å². The largest absolute Gasteiger partial charge is 0.243 e. The van der Waals surface area contributed by atoms with Gasteiger partial charge in [-0.25, -0.2) is 8.42 Å². The highest BCUT2D eigenvalue weighted by molar-refractivity contribution is 7.89. The highest BCUT2D eigenvalue weighted by atomic mass is 32.2. The van der Waals surface area contributed by atoms with Crippen LogP contribution in [-0.4, -0.2) is 25.3 Å². The first-order valence-corrected chi connectivity index (χ1v) is 9.14. The monoisotopic (exact) mass is 295 g/mol. The Balaban J connectivity index is 2.24. The van der Waals surface area contributed by atoms with Crippen LogP contribution in [0.15, 0.2) is 29.2 Å². The van der Waals surface area contributed by atoms with Gasteiger partial charge in [-0.2, -0.15) is 4.31 Å². The summed E-state index contributed by atoms with van der Waals surface area (Å²) in [6, 6.07) is 7.59. The number of hydrogen-bond donors (Lipinski definition) is 0. The Kier molecular flexibility index (Phi) is 5.22. The van der Waals surface area contributed by atoms with Gasteiger partial charge in [-0.05, 0) is 43.4 Å². The molecule has 0 radical (unpaired) electrons. The summed E-state index contributed by atoms with van der Waals surface area (Å²) in [5, 5.41) is 0. The van der Waals surface area contributed by atoms with Gasteiger partial charge in [0, 0.05) is 12.6 Å². The lowest BCUT2D eigenvalue weighted by atomic mass is 10.0. The van der Waals surface area contributed by atoms with Crippen LogP contribution in [-0.2, 0) is 16.4 Å². The lowest BCUT2D eigenvalue weighted by molar-refractivity contribution is 0.246. The van der Waals surface area contributed by atoms with Crippen molar-refractivity contribution in [3.63, 3.8) is 0 Å². The van der Waals surface area contributed by atoms with Crippen LogP contribution in [0.5, 0.6) is 0 Å². The molecule has 0 N–H and O–H groups in total. The van der Waals surface area contributed by atoms with Crippen molar-refractivity contribution in [3.8, 4) is 0 Å². The fraction of sp³-hybridized carbons (Fsp3) is 0.625. The predicted octanol–water partition coefficient (Wildman–Crippen LogP) is 3.59. The van der Waals surface area contributed by atoms with E-state index in [1.54, 1.807) is 16.4 Å². The molecule has 0 spiro atoms. The summed E-state index contributed by atoms with van der Waals surface area (Å²) in [7, 11) is -3.32. The summed E-state index contributed by atoms with van der Waals surface area (Å²) >= 11 is 0. The number of sulfonamides is 1. The molecule has 1 aromatic rings. The third kappa shape index (κ3) is 3.23. The van der Waals surface area contributed by atoms with Crippen molar-refractivity contribution >= 4 is 10.0 Å². The van der Waals surface area contributed by atoms with Crippen LogP contribution in [0.25, 0.3) is 0 Å². The van der Waals surface area contributed by atoms with E-state index in [0.717, 1.165) is 38.5 Å². The molecule has 0 amide bonds. The molecule has 0 unspecified atom stereocenters. The minimum Gasteiger partial charge on any atom is -0.207 e.